The highest BCUT2D eigenvalue weighted by Gasteiger charge is 1.94. The van der Waals surface area contributed by atoms with Gasteiger partial charge < -0.3 is 4.98 Å². The van der Waals surface area contributed by atoms with Crippen molar-refractivity contribution in [1.29, 1.82) is 0 Å². The summed E-state index contributed by atoms with van der Waals surface area (Å²) >= 11 is 8.77. The zero-order chi connectivity index (χ0) is 9.68. The van der Waals surface area contributed by atoms with Crippen LogP contribution >= 0.6 is 27.5 Å². The molecule has 70 valence electrons. The monoisotopic (exact) mass is 261 g/mol. The highest BCUT2D eigenvalue weighted by Crippen LogP contribution is 2.07. The Labute approximate surface area is 89.8 Å². The number of allylic oxidation sites excluding steroid dienone is 1. The average molecular weight is 263 g/mol. The second-order valence-electron chi connectivity index (χ2n) is 2.48. The molecular formula is C9H9BrClNO. The molecule has 0 atom stereocenters. The Hall–Kier alpha value is -0.540. The number of rotatable bonds is 3. The summed E-state index contributed by atoms with van der Waals surface area (Å²) in [5.74, 6) is 0.572. The molecule has 0 bridgehead atoms. The van der Waals surface area contributed by atoms with Crippen molar-refractivity contribution >= 4 is 33.6 Å². The molecule has 1 rings (SSSR count). The summed E-state index contributed by atoms with van der Waals surface area (Å²) in [7, 11) is 0. The minimum absolute atomic E-state index is 0.0889. The predicted molar refractivity (Wildman–Crippen MR) is 59.1 cm³/mol. The van der Waals surface area contributed by atoms with Gasteiger partial charge in [0.2, 0.25) is 0 Å². The maximum atomic E-state index is 11.2. The molecule has 13 heavy (non-hydrogen) atoms. The number of aromatic amines is 1. The van der Waals surface area contributed by atoms with E-state index >= 15 is 0 Å². The highest BCUT2D eigenvalue weighted by molar-refractivity contribution is 9.10. The molecule has 1 aromatic heterocycles. The molecule has 0 saturated heterocycles. The standard InChI is InChI=1S/C9H9BrClNO/c10-8-5-7(3-1-2-4-11)9(13)12-6-8/h1,3,5-6H,2,4H2,(H,12,13). The van der Waals surface area contributed by atoms with Gasteiger partial charge in [0.05, 0.1) is 0 Å². The van der Waals surface area contributed by atoms with Crippen LogP contribution in [-0.2, 0) is 0 Å². The Morgan fingerprint density at radius 2 is 2.38 bits per heavy atom. The first-order chi connectivity index (χ1) is 6.24. The van der Waals surface area contributed by atoms with E-state index in [9.17, 15) is 4.79 Å². The van der Waals surface area contributed by atoms with Crippen LogP contribution in [0.15, 0.2) is 27.6 Å². The minimum atomic E-state index is -0.0889. The summed E-state index contributed by atoms with van der Waals surface area (Å²) in [6, 6.07) is 1.77. The fraction of sp³-hybridized carbons (Fsp3) is 0.222. The van der Waals surface area contributed by atoms with Gasteiger partial charge in [0.1, 0.15) is 0 Å². The third kappa shape index (κ3) is 3.36. The van der Waals surface area contributed by atoms with Gasteiger partial charge in [0.25, 0.3) is 5.56 Å². The number of hydrogen-bond acceptors (Lipinski definition) is 1. The molecule has 1 heterocycles. The largest absolute Gasteiger partial charge is 0.327 e. The number of alkyl halides is 1. The van der Waals surface area contributed by atoms with Crippen LogP contribution in [-0.4, -0.2) is 10.9 Å². The summed E-state index contributed by atoms with van der Waals surface area (Å²) in [6.07, 6.45) is 6.03. The van der Waals surface area contributed by atoms with Gasteiger partial charge in [-0.1, -0.05) is 12.2 Å². The molecule has 0 unspecified atom stereocenters. The van der Waals surface area contributed by atoms with E-state index < -0.39 is 0 Å². The smallest absolute Gasteiger partial charge is 0.255 e. The molecule has 0 amide bonds. The molecule has 0 aliphatic carbocycles. The van der Waals surface area contributed by atoms with Crippen molar-refractivity contribution in [2.45, 2.75) is 6.42 Å². The van der Waals surface area contributed by atoms with Crippen LogP contribution in [0.3, 0.4) is 0 Å². The molecule has 1 aromatic rings. The van der Waals surface area contributed by atoms with E-state index in [1.807, 2.05) is 6.08 Å². The van der Waals surface area contributed by atoms with Gasteiger partial charge >= 0.3 is 0 Å². The van der Waals surface area contributed by atoms with Gasteiger partial charge in [-0.05, 0) is 28.4 Å². The van der Waals surface area contributed by atoms with Gasteiger partial charge in [-0.3, -0.25) is 4.79 Å². The maximum Gasteiger partial charge on any atom is 0.255 e. The van der Waals surface area contributed by atoms with Crippen LogP contribution < -0.4 is 5.56 Å². The number of halogens is 2. The molecule has 4 heteroatoms. The zero-order valence-electron chi connectivity index (χ0n) is 6.89. The number of hydrogen-bond donors (Lipinski definition) is 1. The fourth-order valence-corrected chi connectivity index (χ4v) is 1.36. The van der Waals surface area contributed by atoms with Crippen molar-refractivity contribution in [1.82, 2.24) is 4.98 Å². The van der Waals surface area contributed by atoms with Crippen LogP contribution in [0.25, 0.3) is 6.08 Å². The van der Waals surface area contributed by atoms with E-state index in [0.29, 0.717) is 11.4 Å². The Kier molecular flexibility index (Phi) is 4.25. The fourth-order valence-electron chi connectivity index (χ4n) is 0.871. The Bertz CT molecular complexity index is 359. The molecule has 0 saturated carbocycles. The first-order valence-corrected chi connectivity index (χ1v) is 5.17. The van der Waals surface area contributed by atoms with Gasteiger partial charge in [-0.15, -0.1) is 11.6 Å². The molecule has 0 fully saturated rings. The lowest BCUT2D eigenvalue weighted by Gasteiger charge is -1.93. The lowest BCUT2D eigenvalue weighted by atomic mass is 10.2. The summed E-state index contributed by atoms with van der Waals surface area (Å²) < 4.78 is 0.859. The van der Waals surface area contributed by atoms with E-state index in [0.717, 1.165) is 10.9 Å². The van der Waals surface area contributed by atoms with Crippen LogP contribution in [0.2, 0.25) is 0 Å². The van der Waals surface area contributed by atoms with Crippen LogP contribution in [0.1, 0.15) is 12.0 Å². The first kappa shape index (κ1) is 10.5. The third-order valence-corrected chi connectivity index (χ3v) is 2.15. The quantitative estimate of drug-likeness (QED) is 0.835. The van der Waals surface area contributed by atoms with Crippen molar-refractivity contribution in [2.24, 2.45) is 0 Å². The lowest BCUT2D eigenvalue weighted by molar-refractivity contribution is 1.20. The molecule has 0 spiro atoms. The van der Waals surface area contributed by atoms with Gasteiger partial charge in [0, 0.05) is 22.1 Å². The average Bonchev–Trinajstić information content (AvgIpc) is 2.11. The van der Waals surface area contributed by atoms with E-state index in [2.05, 4.69) is 20.9 Å². The van der Waals surface area contributed by atoms with E-state index in [-0.39, 0.29) is 5.56 Å². The molecule has 0 radical (unpaired) electrons. The summed E-state index contributed by atoms with van der Waals surface area (Å²) in [5.41, 5.74) is 0.550. The molecule has 0 aliphatic rings. The summed E-state index contributed by atoms with van der Waals surface area (Å²) in [5, 5.41) is 0. The SMILES string of the molecule is O=c1[nH]cc(Br)cc1C=CCCCl. The summed E-state index contributed by atoms with van der Waals surface area (Å²) in [4.78, 5) is 13.8. The maximum absolute atomic E-state index is 11.2. The molecule has 1 N–H and O–H groups in total. The van der Waals surface area contributed by atoms with Crippen LogP contribution in [0, 0.1) is 0 Å². The second-order valence-corrected chi connectivity index (χ2v) is 3.78. The molecule has 0 aromatic carbocycles. The van der Waals surface area contributed by atoms with Crippen LogP contribution in [0.5, 0.6) is 0 Å². The third-order valence-electron chi connectivity index (χ3n) is 1.47. The first-order valence-electron chi connectivity index (χ1n) is 3.85. The van der Waals surface area contributed by atoms with Gasteiger partial charge in [-0.2, -0.15) is 0 Å². The number of H-pyrrole nitrogens is 1. The molecule has 0 aliphatic heterocycles. The van der Waals surface area contributed by atoms with Crippen LogP contribution in [0.4, 0.5) is 0 Å². The topological polar surface area (TPSA) is 32.9 Å². The Morgan fingerprint density at radius 3 is 3.08 bits per heavy atom. The number of pyridine rings is 1. The van der Waals surface area contributed by atoms with Crippen molar-refractivity contribution in [3.63, 3.8) is 0 Å². The second kappa shape index (κ2) is 5.25. The Balaban J connectivity index is 2.87. The van der Waals surface area contributed by atoms with E-state index in [4.69, 9.17) is 11.6 Å². The molecule has 2 nitrogen and oxygen atoms in total. The minimum Gasteiger partial charge on any atom is -0.327 e. The normalized spacial score (nSPS) is 10.9. The van der Waals surface area contributed by atoms with Crippen molar-refractivity contribution in [2.75, 3.05) is 5.88 Å². The highest BCUT2D eigenvalue weighted by atomic mass is 79.9. The predicted octanol–water partition coefficient (Wildman–Crippen LogP) is 2.78. The Morgan fingerprint density at radius 1 is 1.62 bits per heavy atom. The lowest BCUT2D eigenvalue weighted by Crippen LogP contribution is -2.07. The van der Waals surface area contributed by atoms with E-state index in [1.54, 1.807) is 18.3 Å². The van der Waals surface area contributed by atoms with Gasteiger partial charge in [-0.25, -0.2) is 0 Å². The van der Waals surface area contributed by atoms with Crippen molar-refractivity contribution in [3.8, 4) is 0 Å². The van der Waals surface area contributed by atoms with Gasteiger partial charge in [0.15, 0.2) is 0 Å². The van der Waals surface area contributed by atoms with E-state index in [1.165, 1.54) is 0 Å². The summed E-state index contributed by atoms with van der Waals surface area (Å²) in [6.45, 7) is 0. The molecular weight excluding hydrogens is 253 g/mol. The zero-order valence-corrected chi connectivity index (χ0v) is 9.23. The van der Waals surface area contributed by atoms with Crippen molar-refractivity contribution < 1.29 is 0 Å². The number of nitrogens with one attached hydrogen (secondary N) is 1. The van der Waals surface area contributed by atoms with Crippen molar-refractivity contribution in [3.05, 3.63) is 38.7 Å². The number of aromatic nitrogens is 1.